The van der Waals surface area contributed by atoms with Crippen molar-refractivity contribution in [1.82, 2.24) is 4.90 Å². The van der Waals surface area contributed by atoms with Crippen molar-refractivity contribution in [3.05, 3.63) is 65.5 Å². The molecule has 1 saturated carbocycles. The van der Waals surface area contributed by atoms with Gasteiger partial charge in [-0.25, -0.2) is 4.39 Å². The van der Waals surface area contributed by atoms with Gasteiger partial charge >= 0.3 is 0 Å². The standard InChI is InChI=1S/C22H25FN2O/c1-16-5-7-17(8-6-16)15-25-11-9-22(10-12-25)14-20(22)21(26)24-19-4-2-3-18(23)13-19/h2-8,13,20H,9-12,14-15H2,1H3,(H,24,26)/t20-/m1/s1. The molecule has 1 heterocycles. The molecular weight excluding hydrogens is 327 g/mol. The molecule has 1 saturated heterocycles. The molecule has 1 amide bonds. The number of amides is 1. The number of nitrogens with one attached hydrogen (secondary N) is 1. The number of hydrogen-bond donors (Lipinski definition) is 1. The van der Waals surface area contributed by atoms with Crippen LogP contribution in [0, 0.1) is 24.1 Å². The summed E-state index contributed by atoms with van der Waals surface area (Å²) in [7, 11) is 0. The van der Waals surface area contributed by atoms with E-state index in [4.69, 9.17) is 0 Å². The third kappa shape index (κ3) is 3.65. The van der Waals surface area contributed by atoms with Crippen molar-refractivity contribution in [2.45, 2.75) is 32.7 Å². The van der Waals surface area contributed by atoms with Crippen LogP contribution in [0.25, 0.3) is 0 Å². The Labute approximate surface area is 154 Å². The summed E-state index contributed by atoms with van der Waals surface area (Å²) in [4.78, 5) is 15.0. The summed E-state index contributed by atoms with van der Waals surface area (Å²) in [5.41, 5.74) is 3.36. The van der Waals surface area contributed by atoms with Crippen LogP contribution in [0.5, 0.6) is 0 Å². The van der Waals surface area contributed by atoms with E-state index in [-0.39, 0.29) is 23.1 Å². The van der Waals surface area contributed by atoms with E-state index in [1.54, 1.807) is 12.1 Å². The van der Waals surface area contributed by atoms with E-state index < -0.39 is 0 Å². The largest absolute Gasteiger partial charge is 0.326 e. The second-order valence-corrected chi connectivity index (χ2v) is 7.88. The summed E-state index contributed by atoms with van der Waals surface area (Å²) in [6, 6.07) is 14.8. The molecule has 2 aliphatic rings. The molecule has 136 valence electrons. The minimum atomic E-state index is -0.322. The van der Waals surface area contributed by atoms with E-state index in [1.807, 2.05) is 0 Å². The zero-order valence-electron chi connectivity index (χ0n) is 15.2. The molecule has 0 bridgehead atoms. The monoisotopic (exact) mass is 352 g/mol. The Morgan fingerprint density at radius 2 is 1.92 bits per heavy atom. The van der Waals surface area contributed by atoms with E-state index in [9.17, 15) is 9.18 Å². The second-order valence-electron chi connectivity index (χ2n) is 7.88. The van der Waals surface area contributed by atoms with Crippen LogP contribution < -0.4 is 5.32 Å². The summed E-state index contributed by atoms with van der Waals surface area (Å²) in [6.07, 6.45) is 3.10. The van der Waals surface area contributed by atoms with Crippen molar-refractivity contribution in [3.8, 4) is 0 Å². The lowest BCUT2D eigenvalue weighted by molar-refractivity contribution is -0.118. The van der Waals surface area contributed by atoms with Gasteiger partial charge in [0.1, 0.15) is 5.82 Å². The molecule has 2 aromatic carbocycles. The summed E-state index contributed by atoms with van der Waals surface area (Å²) < 4.78 is 13.3. The van der Waals surface area contributed by atoms with Crippen molar-refractivity contribution in [3.63, 3.8) is 0 Å². The minimum Gasteiger partial charge on any atom is -0.326 e. The number of carbonyl (C=O) groups excluding carboxylic acids is 1. The Bertz CT molecular complexity index is 794. The molecule has 2 fully saturated rings. The van der Waals surface area contributed by atoms with Crippen LogP contribution in [-0.2, 0) is 11.3 Å². The van der Waals surface area contributed by atoms with Gasteiger partial charge in [0, 0.05) is 18.2 Å². The normalized spacial score (nSPS) is 21.5. The molecule has 4 rings (SSSR count). The van der Waals surface area contributed by atoms with Gasteiger partial charge in [-0.2, -0.15) is 0 Å². The number of anilines is 1. The topological polar surface area (TPSA) is 32.3 Å². The zero-order valence-corrected chi connectivity index (χ0v) is 15.2. The van der Waals surface area contributed by atoms with Crippen LogP contribution >= 0.6 is 0 Å². The number of likely N-dealkylation sites (tertiary alicyclic amines) is 1. The molecule has 0 unspecified atom stereocenters. The maximum atomic E-state index is 13.3. The Hall–Kier alpha value is -2.20. The van der Waals surface area contributed by atoms with Crippen molar-refractivity contribution in [2.24, 2.45) is 11.3 Å². The lowest BCUT2D eigenvalue weighted by atomic mass is 9.90. The third-order valence-electron chi connectivity index (χ3n) is 5.98. The number of nitrogens with zero attached hydrogens (tertiary/aromatic N) is 1. The lowest BCUT2D eigenvalue weighted by Crippen LogP contribution is -2.35. The molecule has 2 aromatic rings. The quantitative estimate of drug-likeness (QED) is 0.886. The number of rotatable bonds is 4. The van der Waals surface area contributed by atoms with E-state index in [2.05, 4.69) is 41.4 Å². The number of carbonyl (C=O) groups is 1. The highest BCUT2D eigenvalue weighted by molar-refractivity contribution is 5.95. The summed E-state index contributed by atoms with van der Waals surface area (Å²) in [5.74, 6) is -0.201. The fourth-order valence-electron chi connectivity index (χ4n) is 4.17. The van der Waals surface area contributed by atoms with Gasteiger partial charge in [-0.3, -0.25) is 9.69 Å². The molecular formula is C22H25FN2O. The first-order valence-corrected chi connectivity index (χ1v) is 9.38. The molecule has 1 atom stereocenters. The van der Waals surface area contributed by atoms with Gasteiger partial charge in [-0.15, -0.1) is 0 Å². The van der Waals surface area contributed by atoms with Gasteiger partial charge in [0.05, 0.1) is 0 Å². The maximum absolute atomic E-state index is 13.3. The van der Waals surface area contributed by atoms with Crippen LogP contribution in [0.2, 0.25) is 0 Å². The Kier molecular flexibility index (Phi) is 4.53. The number of hydrogen-bond acceptors (Lipinski definition) is 2. The molecule has 0 radical (unpaired) electrons. The summed E-state index contributed by atoms with van der Waals surface area (Å²) >= 11 is 0. The first-order valence-electron chi connectivity index (χ1n) is 9.38. The molecule has 1 N–H and O–H groups in total. The third-order valence-corrected chi connectivity index (χ3v) is 5.98. The first-order chi connectivity index (χ1) is 12.5. The van der Waals surface area contributed by atoms with Gasteiger partial charge < -0.3 is 5.32 Å². The highest BCUT2D eigenvalue weighted by atomic mass is 19.1. The molecule has 1 aliphatic heterocycles. The molecule has 3 nitrogen and oxygen atoms in total. The van der Waals surface area contributed by atoms with E-state index in [0.717, 1.165) is 38.9 Å². The fourth-order valence-corrected chi connectivity index (χ4v) is 4.17. The molecule has 26 heavy (non-hydrogen) atoms. The molecule has 1 spiro atoms. The molecule has 1 aliphatic carbocycles. The van der Waals surface area contributed by atoms with Crippen LogP contribution in [-0.4, -0.2) is 23.9 Å². The van der Waals surface area contributed by atoms with E-state index in [0.29, 0.717) is 5.69 Å². The van der Waals surface area contributed by atoms with E-state index >= 15 is 0 Å². The van der Waals surface area contributed by atoms with Gasteiger partial charge in [0.15, 0.2) is 0 Å². The average Bonchev–Trinajstić information content (AvgIpc) is 3.33. The summed E-state index contributed by atoms with van der Waals surface area (Å²) in [5, 5.41) is 2.88. The van der Waals surface area contributed by atoms with Gasteiger partial charge in [-0.05, 0) is 68.5 Å². The Morgan fingerprint density at radius 3 is 2.62 bits per heavy atom. The Morgan fingerprint density at radius 1 is 1.19 bits per heavy atom. The fraction of sp³-hybridized carbons (Fsp3) is 0.409. The Balaban J connectivity index is 1.29. The van der Waals surface area contributed by atoms with Crippen LogP contribution in [0.4, 0.5) is 10.1 Å². The van der Waals surface area contributed by atoms with Gasteiger partial charge in [0.2, 0.25) is 5.91 Å². The first kappa shape index (κ1) is 17.2. The highest BCUT2D eigenvalue weighted by Gasteiger charge is 2.58. The van der Waals surface area contributed by atoms with Crippen LogP contribution in [0.15, 0.2) is 48.5 Å². The van der Waals surface area contributed by atoms with Crippen molar-refractivity contribution in [1.29, 1.82) is 0 Å². The van der Waals surface area contributed by atoms with Crippen LogP contribution in [0.3, 0.4) is 0 Å². The zero-order chi connectivity index (χ0) is 18.1. The SMILES string of the molecule is Cc1ccc(CN2CCC3(CC2)C[C@@H]3C(=O)Nc2cccc(F)c2)cc1. The number of piperidine rings is 1. The minimum absolute atomic E-state index is 0.0441. The average molecular weight is 352 g/mol. The predicted octanol–water partition coefficient (Wildman–Crippen LogP) is 4.37. The summed E-state index contributed by atoms with van der Waals surface area (Å²) in [6.45, 7) is 5.17. The maximum Gasteiger partial charge on any atom is 0.228 e. The molecule has 0 aromatic heterocycles. The predicted molar refractivity (Wildman–Crippen MR) is 101 cm³/mol. The van der Waals surface area contributed by atoms with Gasteiger partial charge in [0.25, 0.3) is 0 Å². The number of halogens is 1. The van der Waals surface area contributed by atoms with Crippen molar-refractivity contribution < 1.29 is 9.18 Å². The van der Waals surface area contributed by atoms with Crippen LogP contribution in [0.1, 0.15) is 30.4 Å². The van der Waals surface area contributed by atoms with E-state index in [1.165, 1.54) is 23.3 Å². The number of benzene rings is 2. The molecule has 4 heteroatoms. The highest BCUT2D eigenvalue weighted by Crippen LogP contribution is 2.59. The van der Waals surface area contributed by atoms with Gasteiger partial charge in [-0.1, -0.05) is 35.9 Å². The van der Waals surface area contributed by atoms with Crippen molar-refractivity contribution >= 4 is 11.6 Å². The number of aryl methyl sites for hydroxylation is 1. The lowest BCUT2D eigenvalue weighted by Gasteiger charge is -2.32. The second kappa shape index (κ2) is 6.84. The van der Waals surface area contributed by atoms with Crippen molar-refractivity contribution in [2.75, 3.05) is 18.4 Å². The smallest absolute Gasteiger partial charge is 0.228 e.